The third-order valence-electron chi connectivity index (χ3n) is 1.99. The van der Waals surface area contributed by atoms with Gasteiger partial charge in [0.2, 0.25) is 0 Å². The first-order valence-electron chi connectivity index (χ1n) is 4.73. The van der Waals surface area contributed by atoms with Gasteiger partial charge >= 0.3 is 25.7 Å². The molecule has 0 heterocycles. The van der Waals surface area contributed by atoms with Gasteiger partial charge < -0.3 is 9.84 Å². The Morgan fingerprint density at radius 3 is 2.06 bits per heavy atom. The maximum absolute atomic E-state index is 9.41. The summed E-state index contributed by atoms with van der Waals surface area (Å²) >= 11 is -2.00. The molecule has 0 bridgehead atoms. The maximum atomic E-state index is 9.41. The number of rotatable bonds is 1. The standard InChI is InChI=1S/C11H16O2.2O.Ti/c1-11(2,3)8-5-9(12)7-10(6-8)13-4;;;/h5-7,12H,1-4H3;;;. The van der Waals surface area contributed by atoms with Gasteiger partial charge in [0.15, 0.2) is 0 Å². The summed E-state index contributed by atoms with van der Waals surface area (Å²) in [5.41, 5.74) is 1.11. The predicted octanol–water partition coefficient (Wildman–Crippen LogP) is 2.46. The summed E-state index contributed by atoms with van der Waals surface area (Å²) in [5, 5.41) is 9.41. The average Bonchev–Trinajstić information content (AvgIpc) is 2.16. The number of benzene rings is 1. The summed E-state index contributed by atoms with van der Waals surface area (Å²) in [6.07, 6.45) is 0. The van der Waals surface area contributed by atoms with E-state index in [1.54, 1.807) is 19.2 Å². The topological polar surface area (TPSA) is 63.6 Å². The molecule has 88 valence electrons. The normalized spacial score (nSPS) is 9.75. The molecular weight excluding hydrogens is 244 g/mol. The van der Waals surface area contributed by atoms with Crippen LogP contribution in [0.2, 0.25) is 0 Å². The summed E-state index contributed by atoms with van der Waals surface area (Å²) in [6, 6.07) is 5.32. The van der Waals surface area contributed by atoms with Crippen molar-refractivity contribution < 1.29 is 35.6 Å². The molecule has 1 aromatic carbocycles. The Labute approximate surface area is 104 Å². The molecule has 0 spiro atoms. The number of hydrogen-bond acceptors (Lipinski definition) is 4. The molecule has 5 heteroatoms. The van der Waals surface area contributed by atoms with Crippen LogP contribution in [0.15, 0.2) is 18.2 Å². The van der Waals surface area contributed by atoms with Crippen molar-refractivity contribution in [2.24, 2.45) is 0 Å². The average molecular weight is 260 g/mol. The minimum atomic E-state index is -2.00. The van der Waals surface area contributed by atoms with Crippen molar-refractivity contribution in [2.45, 2.75) is 26.2 Å². The van der Waals surface area contributed by atoms with E-state index in [4.69, 9.17) is 11.4 Å². The first-order chi connectivity index (χ1) is 7.35. The zero-order valence-electron chi connectivity index (χ0n) is 9.90. The van der Waals surface area contributed by atoms with Crippen LogP contribution < -0.4 is 4.74 Å². The van der Waals surface area contributed by atoms with E-state index in [1.807, 2.05) is 6.07 Å². The molecule has 0 aliphatic rings. The van der Waals surface area contributed by atoms with Crippen LogP contribution in [0.5, 0.6) is 11.5 Å². The molecule has 1 rings (SSSR count). The van der Waals surface area contributed by atoms with Gasteiger partial charge in [-0.2, -0.15) is 0 Å². The van der Waals surface area contributed by atoms with E-state index < -0.39 is 19.1 Å². The van der Waals surface area contributed by atoms with Crippen LogP contribution in [-0.4, -0.2) is 12.2 Å². The second-order valence-electron chi connectivity index (χ2n) is 4.25. The quantitative estimate of drug-likeness (QED) is 0.788. The Hall–Kier alpha value is -0.866. The zero-order valence-corrected chi connectivity index (χ0v) is 11.5. The third kappa shape index (κ3) is 5.28. The van der Waals surface area contributed by atoms with Gasteiger partial charge in [-0.1, -0.05) is 20.8 Å². The molecule has 1 aromatic rings. The minimum absolute atomic E-state index is 0.0338. The molecule has 1 N–H and O–H groups in total. The number of phenolic OH excluding ortho intramolecular Hbond substituents is 1. The van der Waals surface area contributed by atoms with Crippen LogP contribution in [-0.2, 0) is 31.2 Å². The van der Waals surface area contributed by atoms with Crippen molar-refractivity contribution in [1.82, 2.24) is 0 Å². The second-order valence-corrected chi connectivity index (χ2v) is 4.51. The van der Waals surface area contributed by atoms with Gasteiger partial charge in [0.05, 0.1) is 7.11 Å². The molecule has 0 aliphatic carbocycles. The Bertz CT molecular complexity index is 376. The molecule has 0 fully saturated rings. The van der Waals surface area contributed by atoms with Gasteiger partial charge in [0.25, 0.3) is 0 Å². The van der Waals surface area contributed by atoms with Crippen LogP contribution in [0.1, 0.15) is 26.3 Å². The number of phenols is 1. The molecule has 0 saturated heterocycles. The molecule has 0 unspecified atom stereocenters. The monoisotopic (exact) mass is 260 g/mol. The van der Waals surface area contributed by atoms with E-state index in [2.05, 4.69) is 20.8 Å². The molecule has 0 amide bonds. The summed E-state index contributed by atoms with van der Waals surface area (Å²) in [5.74, 6) is 0.953. The van der Waals surface area contributed by atoms with Crippen molar-refractivity contribution in [2.75, 3.05) is 7.11 Å². The Morgan fingerprint density at radius 1 is 1.19 bits per heavy atom. The SMILES string of the molecule is COc1cc(O)cc(C(C)(C)C)c1.[O]=[Ti]=[O]. The van der Waals surface area contributed by atoms with Crippen LogP contribution in [0, 0.1) is 0 Å². The van der Waals surface area contributed by atoms with Crippen LogP contribution in [0.4, 0.5) is 0 Å². The van der Waals surface area contributed by atoms with Crippen molar-refractivity contribution in [3.05, 3.63) is 23.8 Å². The van der Waals surface area contributed by atoms with Gasteiger partial charge in [0, 0.05) is 6.07 Å². The fraction of sp³-hybridized carbons (Fsp3) is 0.455. The van der Waals surface area contributed by atoms with E-state index in [-0.39, 0.29) is 11.2 Å². The van der Waals surface area contributed by atoms with E-state index in [1.165, 1.54) is 0 Å². The molecule has 0 atom stereocenters. The van der Waals surface area contributed by atoms with Gasteiger partial charge in [0.1, 0.15) is 11.5 Å². The summed E-state index contributed by atoms with van der Waals surface area (Å²) in [6.45, 7) is 6.30. The summed E-state index contributed by atoms with van der Waals surface area (Å²) in [4.78, 5) is 0. The van der Waals surface area contributed by atoms with Gasteiger partial charge in [-0.05, 0) is 23.1 Å². The predicted molar refractivity (Wildman–Crippen MR) is 54.7 cm³/mol. The Morgan fingerprint density at radius 2 is 1.69 bits per heavy atom. The van der Waals surface area contributed by atoms with Gasteiger partial charge in [-0.3, -0.25) is 0 Å². The molecule has 4 nitrogen and oxygen atoms in total. The molecule has 0 aliphatic heterocycles. The van der Waals surface area contributed by atoms with Crippen LogP contribution in [0.25, 0.3) is 0 Å². The molecular formula is C11H16O4Ti. The number of ether oxygens (including phenoxy) is 1. The van der Waals surface area contributed by atoms with Crippen LogP contribution in [0.3, 0.4) is 0 Å². The number of hydrogen-bond donors (Lipinski definition) is 1. The van der Waals surface area contributed by atoms with Crippen molar-refractivity contribution in [1.29, 1.82) is 0 Å². The Balaban J connectivity index is 0.000000673. The van der Waals surface area contributed by atoms with Crippen molar-refractivity contribution in [3.63, 3.8) is 0 Å². The summed E-state index contributed by atoms with van der Waals surface area (Å²) in [7, 11) is 1.60. The second kappa shape index (κ2) is 6.66. The van der Waals surface area contributed by atoms with Gasteiger partial charge in [-0.25, -0.2) is 0 Å². The molecule has 16 heavy (non-hydrogen) atoms. The fourth-order valence-electron chi connectivity index (χ4n) is 1.13. The Kier molecular flexibility index (Phi) is 6.30. The number of methoxy groups -OCH3 is 1. The van der Waals surface area contributed by atoms with Crippen molar-refractivity contribution >= 4 is 0 Å². The molecule has 0 saturated carbocycles. The van der Waals surface area contributed by atoms with E-state index >= 15 is 0 Å². The van der Waals surface area contributed by atoms with E-state index in [0.717, 1.165) is 5.56 Å². The summed E-state index contributed by atoms with van der Waals surface area (Å²) < 4.78 is 22.1. The zero-order chi connectivity index (χ0) is 12.8. The first kappa shape index (κ1) is 15.1. The van der Waals surface area contributed by atoms with Crippen molar-refractivity contribution in [3.8, 4) is 11.5 Å². The third-order valence-corrected chi connectivity index (χ3v) is 1.99. The first-order valence-corrected chi connectivity index (χ1v) is 6.00. The van der Waals surface area contributed by atoms with Crippen LogP contribution >= 0.6 is 0 Å². The fourth-order valence-corrected chi connectivity index (χ4v) is 1.13. The van der Waals surface area contributed by atoms with Gasteiger partial charge in [-0.15, -0.1) is 0 Å². The molecule has 0 radical (unpaired) electrons. The van der Waals surface area contributed by atoms with E-state index in [9.17, 15) is 5.11 Å². The van der Waals surface area contributed by atoms with E-state index in [0.29, 0.717) is 5.75 Å². The molecule has 0 aromatic heterocycles. The number of aromatic hydroxyl groups is 1.